The summed E-state index contributed by atoms with van der Waals surface area (Å²) in [6, 6.07) is 7.17. The van der Waals surface area contributed by atoms with Crippen LogP contribution >= 0.6 is 0 Å². The standard InChI is InChI=1S/C17H19O5/c1-9-12-13(18)10-7-5-6-8-11(10)14(19)15(12)22-16(9)17(2,20-3)21-4/h5-8,13-14,18-19H,1H2,2-4H3. The molecule has 117 valence electrons. The predicted molar refractivity (Wildman–Crippen MR) is 79.1 cm³/mol. The molecule has 2 unspecified atom stereocenters. The van der Waals surface area contributed by atoms with Crippen molar-refractivity contribution in [2.24, 2.45) is 0 Å². The average Bonchev–Trinajstić information content (AvgIpc) is 2.90. The highest BCUT2D eigenvalue weighted by atomic mass is 16.7. The molecule has 3 rings (SSSR count). The first-order valence-electron chi connectivity index (χ1n) is 6.98. The van der Waals surface area contributed by atoms with Gasteiger partial charge in [-0.1, -0.05) is 24.3 Å². The van der Waals surface area contributed by atoms with Crippen molar-refractivity contribution in [3.8, 4) is 0 Å². The van der Waals surface area contributed by atoms with E-state index in [9.17, 15) is 10.2 Å². The second kappa shape index (κ2) is 5.21. The Morgan fingerprint density at radius 3 is 2.18 bits per heavy atom. The van der Waals surface area contributed by atoms with E-state index in [1.807, 2.05) is 12.1 Å². The number of furan rings is 1. The molecule has 0 bridgehead atoms. The lowest BCUT2D eigenvalue weighted by Crippen LogP contribution is -2.27. The predicted octanol–water partition coefficient (Wildman–Crippen LogP) is 2.40. The van der Waals surface area contributed by atoms with Gasteiger partial charge in [-0.15, -0.1) is 0 Å². The molecule has 1 aromatic heterocycles. The maximum Gasteiger partial charge on any atom is 0.225 e. The van der Waals surface area contributed by atoms with Crippen LogP contribution in [0.1, 0.15) is 52.9 Å². The first-order chi connectivity index (χ1) is 10.4. The van der Waals surface area contributed by atoms with Gasteiger partial charge < -0.3 is 24.1 Å². The van der Waals surface area contributed by atoms with E-state index in [2.05, 4.69) is 6.92 Å². The van der Waals surface area contributed by atoms with Gasteiger partial charge in [0.2, 0.25) is 5.79 Å². The van der Waals surface area contributed by atoms with Crippen molar-refractivity contribution in [2.45, 2.75) is 24.9 Å². The Morgan fingerprint density at radius 1 is 1.09 bits per heavy atom. The number of hydrogen-bond acceptors (Lipinski definition) is 5. The van der Waals surface area contributed by atoms with Crippen LogP contribution < -0.4 is 0 Å². The van der Waals surface area contributed by atoms with E-state index in [1.54, 1.807) is 19.1 Å². The fourth-order valence-electron chi connectivity index (χ4n) is 2.94. The van der Waals surface area contributed by atoms with Gasteiger partial charge >= 0.3 is 0 Å². The van der Waals surface area contributed by atoms with Gasteiger partial charge in [0.25, 0.3) is 0 Å². The molecule has 0 amide bonds. The van der Waals surface area contributed by atoms with Gasteiger partial charge in [0, 0.05) is 25.3 Å². The highest BCUT2D eigenvalue weighted by Gasteiger charge is 2.41. The number of aliphatic hydroxyl groups is 2. The van der Waals surface area contributed by atoms with Crippen LogP contribution in [-0.2, 0) is 15.3 Å². The molecule has 1 aliphatic rings. The smallest absolute Gasteiger partial charge is 0.225 e. The monoisotopic (exact) mass is 303 g/mol. The van der Waals surface area contributed by atoms with Crippen molar-refractivity contribution in [3.05, 3.63) is 65.0 Å². The molecule has 22 heavy (non-hydrogen) atoms. The molecule has 0 saturated carbocycles. The van der Waals surface area contributed by atoms with Gasteiger partial charge in [-0.25, -0.2) is 0 Å². The minimum absolute atomic E-state index is 0.284. The van der Waals surface area contributed by atoms with E-state index in [1.165, 1.54) is 14.2 Å². The Bertz CT molecular complexity index is 699. The summed E-state index contributed by atoms with van der Waals surface area (Å²) in [6.07, 6.45) is -1.86. The maximum absolute atomic E-state index is 10.6. The van der Waals surface area contributed by atoms with Crippen LogP contribution in [0.3, 0.4) is 0 Å². The third-order valence-electron chi connectivity index (χ3n) is 4.38. The number of hydrogen-bond donors (Lipinski definition) is 2. The molecule has 0 saturated heterocycles. The van der Waals surface area contributed by atoms with Gasteiger partial charge in [-0.2, -0.15) is 0 Å². The third-order valence-corrected chi connectivity index (χ3v) is 4.38. The summed E-state index contributed by atoms with van der Waals surface area (Å²) in [7, 11) is 2.98. The SMILES string of the molecule is [CH2]c1c(C(C)(OC)OC)oc2c1C(O)c1ccccc1C2O. The Labute approximate surface area is 129 Å². The third kappa shape index (κ3) is 1.94. The van der Waals surface area contributed by atoms with E-state index in [0.717, 1.165) is 0 Å². The molecule has 1 aromatic carbocycles. The lowest BCUT2D eigenvalue weighted by Gasteiger charge is -2.25. The van der Waals surface area contributed by atoms with E-state index < -0.39 is 18.0 Å². The average molecular weight is 303 g/mol. The number of ether oxygens (including phenoxy) is 2. The molecule has 5 nitrogen and oxygen atoms in total. The van der Waals surface area contributed by atoms with Crippen molar-refractivity contribution in [1.82, 2.24) is 0 Å². The number of aliphatic hydroxyl groups excluding tert-OH is 2. The van der Waals surface area contributed by atoms with E-state index in [4.69, 9.17) is 13.9 Å². The summed E-state index contributed by atoms with van der Waals surface area (Å²) in [5.41, 5.74) is 2.22. The molecular weight excluding hydrogens is 284 g/mol. The van der Waals surface area contributed by atoms with Crippen LogP contribution in [0, 0.1) is 6.92 Å². The fraction of sp³-hybridized carbons (Fsp3) is 0.353. The zero-order valence-electron chi connectivity index (χ0n) is 12.8. The van der Waals surface area contributed by atoms with E-state index in [0.29, 0.717) is 28.0 Å². The summed E-state index contributed by atoms with van der Waals surface area (Å²) in [6.45, 7) is 5.68. The molecule has 2 aromatic rings. The quantitative estimate of drug-likeness (QED) is 0.852. The molecule has 0 spiro atoms. The first-order valence-corrected chi connectivity index (χ1v) is 6.98. The molecule has 0 aliphatic heterocycles. The van der Waals surface area contributed by atoms with E-state index in [-0.39, 0.29) is 5.76 Å². The minimum Gasteiger partial charge on any atom is -0.456 e. The number of fused-ring (bicyclic) bond motifs is 2. The molecule has 2 N–H and O–H groups in total. The van der Waals surface area contributed by atoms with Gasteiger partial charge in [0.1, 0.15) is 18.0 Å². The summed E-state index contributed by atoms with van der Waals surface area (Å²) < 4.78 is 16.5. The zero-order valence-corrected chi connectivity index (χ0v) is 12.8. The molecule has 1 heterocycles. The highest BCUT2D eigenvalue weighted by molar-refractivity contribution is 5.52. The van der Waals surface area contributed by atoms with Gasteiger partial charge in [-0.3, -0.25) is 0 Å². The Morgan fingerprint density at radius 2 is 1.64 bits per heavy atom. The molecule has 0 fully saturated rings. The highest BCUT2D eigenvalue weighted by Crippen LogP contribution is 2.46. The topological polar surface area (TPSA) is 72.1 Å². The molecule has 2 atom stereocenters. The molecule has 5 heteroatoms. The van der Waals surface area contributed by atoms with Crippen LogP contribution in [-0.4, -0.2) is 24.4 Å². The maximum atomic E-state index is 10.6. The Balaban J connectivity index is 2.21. The first kappa shape index (κ1) is 15.2. The lowest BCUT2D eigenvalue weighted by molar-refractivity contribution is -0.213. The van der Waals surface area contributed by atoms with E-state index >= 15 is 0 Å². The van der Waals surface area contributed by atoms with Crippen LogP contribution in [0.15, 0.2) is 28.7 Å². The summed E-state index contributed by atoms with van der Waals surface area (Å²) in [4.78, 5) is 0. The van der Waals surface area contributed by atoms with Gasteiger partial charge in [0.05, 0.1) is 0 Å². The van der Waals surface area contributed by atoms with Crippen molar-refractivity contribution in [2.75, 3.05) is 14.2 Å². The lowest BCUT2D eigenvalue weighted by atomic mass is 9.84. The van der Waals surface area contributed by atoms with Crippen LogP contribution in [0.4, 0.5) is 0 Å². The number of benzene rings is 1. The van der Waals surface area contributed by atoms with Crippen molar-refractivity contribution in [1.29, 1.82) is 0 Å². The minimum atomic E-state index is -1.14. The summed E-state index contributed by atoms with van der Waals surface area (Å²) in [5.74, 6) is -0.514. The summed E-state index contributed by atoms with van der Waals surface area (Å²) in [5, 5.41) is 21.2. The van der Waals surface area contributed by atoms with Crippen LogP contribution in [0.2, 0.25) is 0 Å². The fourth-order valence-corrected chi connectivity index (χ4v) is 2.94. The normalized spacial score (nSPS) is 20.6. The van der Waals surface area contributed by atoms with Crippen molar-refractivity contribution >= 4 is 0 Å². The van der Waals surface area contributed by atoms with Crippen molar-refractivity contribution in [3.63, 3.8) is 0 Å². The second-order valence-corrected chi connectivity index (χ2v) is 5.48. The summed E-state index contributed by atoms with van der Waals surface area (Å²) >= 11 is 0. The largest absolute Gasteiger partial charge is 0.456 e. The Kier molecular flexibility index (Phi) is 3.61. The number of methoxy groups -OCH3 is 2. The van der Waals surface area contributed by atoms with Gasteiger partial charge in [0.15, 0.2) is 5.76 Å². The number of rotatable bonds is 3. The van der Waals surface area contributed by atoms with Crippen molar-refractivity contribution < 1.29 is 24.1 Å². The van der Waals surface area contributed by atoms with Crippen LogP contribution in [0.5, 0.6) is 0 Å². The second-order valence-electron chi connectivity index (χ2n) is 5.48. The van der Waals surface area contributed by atoms with Gasteiger partial charge in [-0.05, 0) is 25.0 Å². The van der Waals surface area contributed by atoms with Crippen LogP contribution in [0.25, 0.3) is 0 Å². The molecule has 1 aliphatic carbocycles. The zero-order chi connectivity index (χ0) is 16.1. The molecule has 1 radical (unpaired) electrons. The molecular formula is C17H19O5. The Hall–Kier alpha value is -1.66.